The lowest BCUT2D eigenvalue weighted by Gasteiger charge is -2.24. The summed E-state index contributed by atoms with van der Waals surface area (Å²) in [7, 11) is 0. The second-order valence-corrected chi connectivity index (χ2v) is 7.13. The van der Waals surface area contributed by atoms with Crippen LogP contribution < -0.4 is 5.32 Å². The maximum absolute atomic E-state index is 12.7. The summed E-state index contributed by atoms with van der Waals surface area (Å²) >= 11 is 0. The molecule has 8 heteroatoms. The van der Waals surface area contributed by atoms with E-state index in [0.29, 0.717) is 18.9 Å². The molecule has 0 aromatic rings. The Bertz CT molecular complexity index is 552. The van der Waals surface area contributed by atoms with Crippen molar-refractivity contribution in [2.24, 2.45) is 5.92 Å². The molecule has 0 aliphatic heterocycles. The Labute approximate surface area is 160 Å². The van der Waals surface area contributed by atoms with E-state index in [9.17, 15) is 14.4 Å². The summed E-state index contributed by atoms with van der Waals surface area (Å²) in [5.74, 6) is -0.946. The van der Waals surface area contributed by atoms with Crippen LogP contribution in [0.15, 0.2) is 0 Å². The Kier molecular flexibility index (Phi) is 10.5. The Balaban J connectivity index is 2.75. The van der Waals surface area contributed by atoms with Crippen molar-refractivity contribution in [3.05, 3.63) is 5.53 Å². The predicted octanol–water partition coefficient (Wildman–Crippen LogP) is 2.06. The van der Waals surface area contributed by atoms with Gasteiger partial charge in [0, 0.05) is 13.0 Å². The van der Waals surface area contributed by atoms with E-state index >= 15 is 0 Å². The van der Waals surface area contributed by atoms with Crippen LogP contribution in [0.3, 0.4) is 0 Å². The van der Waals surface area contributed by atoms with Gasteiger partial charge in [-0.15, -0.1) is 0 Å². The molecule has 1 aliphatic carbocycles. The third-order valence-electron chi connectivity index (χ3n) is 4.52. The van der Waals surface area contributed by atoms with Gasteiger partial charge in [0.05, 0.1) is 6.10 Å². The third-order valence-corrected chi connectivity index (χ3v) is 4.52. The first-order valence-electron chi connectivity index (χ1n) is 9.70. The van der Waals surface area contributed by atoms with Gasteiger partial charge in [-0.1, -0.05) is 25.7 Å². The van der Waals surface area contributed by atoms with Gasteiger partial charge in [0.25, 0.3) is 0 Å². The van der Waals surface area contributed by atoms with Crippen LogP contribution >= 0.6 is 0 Å². The normalized spacial score (nSPS) is 16.4. The zero-order valence-electron chi connectivity index (χ0n) is 16.5. The number of rotatable bonds is 12. The molecular formula is C19H31N3O5. The Morgan fingerprint density at radius 1 is 1.26 bits per heavy atom. The van der Waals surface area contributed by atoms with Crippen LogP contribution in [0.4, 0.5) is 0 Å². The summed E-state index contributed by atoms with van der Waals surface area (Å²) in [6.45, 7) is 5.65. The Hall–Kier alpha value is -2.05. The van der Waals surface area contributed by atoms with Crippen molar-refractivity contribution < 1.29 is 28.6 Å². The first kappa shape index (κ1) is 23.0. The van der Waals surface area contributed by atoms with E-state index in [4.69, 9.17) is 15.0 Å². The van der Waals surface area contributed by atoms with Crippen LogP contribution in [0.25, 0.3) is 5.53 Å². The molecule has 1 N–H and O–H groups in total. The molecule has 1 saturated carbocycles. The van der Waals surface area contributed by atoms with Gasteiger partial charge < -0.3 is 20.3 Å². The monoisotopic (exact) mass is 381 g/mol. The van der Waals surface area contributed by atoms with E-state index in [2.05, 4.69) is 10.1 Å². The highest BCUT2D eigenvalue weighted by atomic mass is 16.5. The molecule has 0 heterocycles. The number of esters is 1. The molecule has 2 atom stereocenters. The summed E-state index contributed by atoms with van der Waals surface area (Å²) in [5, 5.41) is 2.68. The minimum Gasteiger partial charge on any atom is -0.461 e. The van der Waals surface area contributed by atoms with Crippen molar-refractivity contribution in [2.75, 3.05) is 6.61 Å². The molecule has 8 nitrogen and oxygen atoms in total. The molecular weight excluding hydrogens is 350 g/mol. The lowest BCUT2D eigenvalue weighted by Crippen LogP contribution is -2.48. The van der Waals surface area contributed by atoms with Crippen LogP contribution in [0.5, 0.6) is 0 Å². The first-order chi connectivity index (χ1) is 12.9. The molecule has 0 aromatic carbocycles. The van der Waals surface area contributed by atoms with Crippen molar-refractivity contribution in [1.29, 1.82) is 0 Å². The zero-order valence-corrected chi connectivity index (χ0v) is 16.5. The lowest BCUT2D eigenvalue weighted by molar-refractivity contribution is -0.153. The number of nitrogens with one attached hydrogen (secondary N) is 1. The molecule has 0 aromatic heterocycles. The highest BCUT2D eigenvalue weighted by molar-refractivity contribution is 6.25. The Morgan fingerprint density at radius 2 is 1.93 bits per heavy atom. The maximum Gasteiger partial charge on any atom is 0.328 e. The lowest BCUT2D eigenvalue weighted by atomic mass is 9.99. The van der Waals surface area contributed by atoms with Gasteiger partial charge in [-0.05, 0) is 39.5 Å². The fourth-order valence-electron chi connectivity index (χ4n) is 3.24. The van der Waals surface area contributed by atoms with Gasteiger partial charge in [0.15, 0.2) is 0 Å². The van der Waals surface area contributed by atoms with Gasteiger partial charge in [0.1, 0.15) is 12.1 Å². The second-order valence-electron chi connectivity index (χ2n) is 7.13. The SMILES string of the molecule is CCO[C@@H](CC1CCCC1)C(=O)N[C@@H](CCC(=O)C=[N+]=[N-])C(=O)OC(C)C. The van der Waals surface area contributed by atoms with Crippen LogP contribution in [0, 0.1) is 5.92 Å². The highest BCUT2D eigenvalue weighted by Gasteiger charge is 2.30. The van der Waals surface area contributed by atoms with Gasteiger partial charge in [-0.3, -0.25) is 9.59 Å². The molecule has 0 unspecified atom stereocenters. The van der Waals surface area contributed by atoms with Gasteiger partial charge in [-0.25, -0.2) is 4.79 Å². The number of nitrogens with zero attached hydrogens (tertiary/aromatic N) is 2. The topological polar surface area (TPSA) is 118 Å². The number of hydrogen-bond donors (Lipinski definition) is 1. The molecule has 1 rings (SSSR count). The molecule has 0 radical (unpaired) electrons. The number of Topliss-reactive ketones (excluding diaryl/α,β-unsaturated/α-hetero) is 1. The fourth-order valence-corrected chi connectivity index (χ4v) is 3.24. The van der Waals surface area contributed by atoms with Crippen molar-refractivity contribution in [3.8, 4) is 0 Å². The van der Waals surface area contributed by atoms with Crippen molar-refractivity contribution in [3.63, 3.8) is 0 Å². The predicted molar refractivity (Wildman–Crippen MR) is 99.1 cm³/mol. The number of ketones is 1. The Morgan fingerprint density at radius 3 is 2.48 bits per heavy atom. The second kappa shape index (κ2) is 12.4. The standard InChI is InChI=1S/C19H31N3O5/c1-4-26-17(11-14-7-5-6-8-14)18(24)22-16(19(25)27-13(2)3)10-9-15(23)12-21-20/h12-14,16-17H,4-11H2,1-3H3,(H,22,24)/t16-,17-/m0/s1. The molecule has 27 heavy (non-hydrogen) atoms. The zero-order chi connectivity index (χ0) is 20.2. The summed E-state index contributed by atoms with van der Waals surface area (Å²) < 4.78 is 10.8. The van der Waals surface area contributed by atoms with Gasteiger partial charge >= 0.3 is 12.2 Å². The highest BCUT2D eigenvalue weighted by Crippen LogP contribution is 2.29. The smallest absolute Gasteiger partial charge is 0.328 e. The van der Waals surface area contributed by atoms with Crippen LogP contribution in [0.1, 0.15) is 65.7 Å². The van der Waals surface area contributed by atoms with E-state index in [-0.39, 0.29) is 24.9 Å². The quantitative estimate of drug-likeness (QED) is 0.240. The molecule has 0 bridgehead atoms. The van der Waals surface area contributed by atoms with E-state index in [1.807, 2.05) is 6.92 Å². The van der Waals surface area contributed by atoms with Crippen molar-refractivity contribution >= 4 is 23.9 Å². The van der Waals surface area contributed by atoms with Gasteiger partial charge in [-0.2, -0.15) is 4.79 Å². The van der Waals surface area contributed by atoms with E-state index in [0.717, 1.165) is 19.1 Å². The molecule has 0 saturated heterocycles. The molecule has 152 valence electrons. The summed E-state index contributed by atoms with van der Waals surface area (Å²) in [6.07, 6.45) is 4.96. The maximum atomic E-state index is 12.7. The number of amides is 1. The van der Waals surface area contributed by atoms with Crippen LogP contribution in [-0.2, 0) is 23.9 Å². The average Bonchev–Trinajstić information content (AvgIpc) is 3.10. The summed E-state index contributed by atoms with van der Waals surface area (Å²) in [5.41, 5.74) is 8.41. The fraction of sp³-hybridized carbons (Fsp3) is 0.789. The average molecular weight is 381 g/mol. The third kappa shape index (κ3) is 8.93. The van der Waals surface area contributed by atoms with Crippen molar-refractivity contribution in [2.45, 2.75) is 84.0 Å². The number of hydrogen-bond acceptors (Lipinski definition) is 5. The summed E-state index contributed by atoms with van der Waals surface area (Å²) in [6, 6.07) is -0.956. The van der Waals surface area contributed by atoms with Crippen molar-refractivity contribution in [1.82, 2.24) is 5.32 Å². The summed E-state index contributed by atoms with van der Waals surface area (Å²) in [4.78, 5) is 39.2. The molecule has 1 amide bonds. The van der Waals surface area contributed by atoms with E-state index < -0.39 is 23.9 Å². The van der Waals surface area contributed by atoms with E-state index in [1.165, 1.54) is 12.8 Å². The van der Waals surface area contributed by atoms with E-state index in [1.54, 1.807) is 13.8 Å². The largest absolute Gasteiger partial charge is 0.461 e. The minimum atomic E-state index is -0.956. The minimum absolute atomic E-state index is 0.0515. The molecule has 0 spiro atoms. The first-order valence-corrected chi connectivity index (χ1v) is 9.70. The van der Waals surface area contributed by atoms with Gasteiger partial charge in [0.2, 0.25) is 11.7 Å². The van der Waals surface area contributed by atoms with Crippen LogP contribution in [-0.4, -0.2) is 53.5 Å². The number of ether oxygens (including phenoxy) is 2. The molecule has 1 fully saturated rings. The van der Waals surface area contributed by atoms with Crippen LogP contribution in [0.2, 0.25) is 0 Å². The number of carbonyl (C=O) groups is 3. The molecule has 1 aliphatic rings. The number of carbonyl (C=O) groups excluding carboxylic acids is 3.